The third kappa shape index (κ3) is 4.09. The van der Waals surface area contributed by atoms with E-state index in [1.807, 2.05) is 12.1 Å². The van der Waals surface area contributed by atoms with E-state index < -0.39 is 0 Å². The predicted molar refractivity (Wildman–Crippen MR) is 82.7 cm³/mol. The first-order valence-electron chi connectivity index (χ1n) is 7.06. The second kappa shape index (κ2) is 7.85. The maximum atomic E-state index is 9.56. The van der Waals surface area contributed by atoms with Crippen LogP contribution in [0.4, 0.5) is 0 Å². The quantitative estimate of drug-likeness (QED) is 0.252. The van der Waals surface area contributed by atoms with Crippen molar-refractivity contribution in [3.05, 3.63) is 29.3 Å². The zero-order valence-electron chi connectivity index (χ0n) is 12.9. The first-order valence-corrected chi connectivity index (χ1v) is 7.06. The molecule has 0 bridgehead atoms. The Kier molecular flexibility index (Phi) is 6.45. The zero-order chi connectivity index (χ0) is 15.9. The van der Waals surface area contributed by atoms with Gasteiger partial charge in [-0.25, -0.2) is 0 Å². The molecule has 21 heavy (non-hydrogen) atoms. The van der Waals surface area contributed by atoms with Gasteiger partial charge in [0.25, 0.3) is 0 Å². The molecule has 0 aromatic heterocycles. The van der Waals surface area contributed by atoms with Crippen molar-refractivity contribution in [2.24, 2.45) is 10.9 Å². The largest absolute Gasteiger partial charge is 0.496 e. The molecule has 0 amide bonds. The highest BCUT2D eigenvalue weighted by Gasteiger charge is 2.24. The van der Waals surface area contributed by atoms with Gasteiger partial charge in [-0.3, -0.25) is 0 Å². The minimum Gasteiger partial charge on any atom is -0.496 e. The number of hydrogen-bond acceptors (Lipinski definition) is 5. The van der Waals surface area contributed by atoms with Gasteiger partial charge >= 0.3 is 0 Å². The van der Waals surface area contributed by atoms with Crippen molar-refractivity contribution in [1.29, 1.82) is 0 Å². The monoisotopic (exact) mass is 295 g/mol. The van der Waals surface area contributed by atoms with E-state index >= 15 is 0 Å². The molecule has 5 N–H and O–H groups in total. The number of methoxy groups -OCH3 is 1. The molecule has 1 aromatic rings. The molecule has 0 aliphatic carbocycles. The molecule has 6 nitrogen and oxygen atoms in total. The second-order valence-electron chi connectivity index (χ2n) is 5.02. The molecule has 6 heteroatoms. The van der Waals surface area contributed by atoms with Gasteiger partial charge in [0.2, 0.25) is 0 Å². The molecular formula is C15H25N3O3. The van der Waals surface area contributed by atoms with Crippen LogP contribution in [-0.2, 0) is 6.54 Å². The van der Waals surface area contributed by atoms with E-state index in [2.05, 4.69) is 24.3 Å². The highest BCUT2D eigenvalue weighted by molar-refractivity contribution is 5.99. The fourth-order valence-corrected chi connectivity index (χ4v) is 2.18. The lowest BCUT2D eigenvalue weighted by molar-refractivity contribution is 0.149. The fraction of sp³-hybridized carbons (Fsp3) is 0.533. The second-order valence-corrected chi connectivity index (χ2v) is 5.02. The van der Waals surface area contributed by atoms with Crippen molar-refractivity contribution in [1.82, 2.24) is 5.32 Å². The van der Waals surface area contributed by atoms with Crippen LogP contribution in [0.5, 0.6) is 5.75 Å². The Morgan fingerprint density at radius 3 is 2.52 bits per heavy atom. The Morgan fingerprint density at radius 2 is 2.05 bits per heavy atom. The van der Waals surface area contributed by atoms with Gasteiger partial charge in [-0.15, -0.1) is 0 Å². The lowest BCUT2D eigenvalue weighted by atomic mass is 9.93. The maximum absolute atomic E-state index is 9.56. The summed E-state index contributed by atoms with van der Waals surface area (Å²) in [4.78, 5) is 0. The van der Waals surface area contributed by atoms with E-state index in [4.69, 9.17) is 15.7 Å². The van der Waals surface area contributed by atoms with Crippen LogP contribution in [0.2, 0.25) is 0 Å². The van der Waals surface area contributed by atoms with Crippen molar-refractivity contribution in [3.63, 3.8) is 0 Å². The predicted octanol–water partition coefficient (Wildman–Crippen LogP) is 1.43. The molecule has 0 saturated carbocycles. The summed E-state index contributed by atoms with van der Waals surface area (Å²) in [6.07, 6.45) is 1.69. The average molecular weight is 295 g/mol. The van der Waals surface area contributed by atoms with Crippen LogP contribution in [0, 0.1) is 0 Å². The summed E-state index contributed by atoms with van der Waals surface area (Å²) in [7, 11) is 1.54. The first kappa shape index (κ1) is 17.3. The van der Waals surface area contributed by atoms with Crippen LogP contribution in [0.3, 0.4) is 0 Å². The summed E-state index contributed by atoms with van der Waals surface area (Å²) in [6, 6.07) is 5.48. The summed E-state index contributed by atoms with van der Waals surface area (Å²) in [5.74, 6) is 0.561. The van der Waals surface area contributed by atoms with Crippen molar-refractivity contribution < 1.29 is 15.1 Å². The molecule has 0 fully saturated rings. The van der Waals surface area contributed by atoms with Crippen molar-refractivity contribution in [2.75, 3.05) is 13.7 Å². The lowest BCUT2D eigenvalue weighted by Gasteiger charge is -2.31. The number of amidine groups is 1. The van der Waals surface area contributed by atoms with Gasteiger partial charge in [-0.2, -0.15) is 0 Å². The number of ether oxygens (including phenoxy) is 1. The number of hydrogen-bond donors (Lipinski definition) is 4. The normalized spacial score (nSPS) is 12.5. The first-order chi connectivity index (χ1) is 10.1. The van der Waals surface area contributed by atoms with Gasteiger partial charge in [-0.1, -0.05) is 25.1 Å². The Bertz CT molecular complexity index is 477. The number of benzene rings is 1. The van der Waals surface area contributed by atoms with E-state index in [0.717, 1.165) is 18.4 Å². The Morgan fingerprint density at radius 1 is 1.38 bits per heavy atom. The Labute approximate surface area is 125 Å². The van der Waals surface area contributed by atoms with Crippen molar-refractivity contribution in [2.45, 2.75) is 38.8 Å². The molecule has 0 aliphatic heterocycles. The standard InChI is InChI=1S/C15H25N3O3/c1-4-15(5-2,10-19)17-9-11-6-7-12(14(16)18-20)13(8-11)21-3/h6-8,17,19-20H,4-5,9-10H2,1-3H3,(H2,16,18). The summed E-state index contributed by atoms with van der Waals surface area (Å²) in [6.45, 7) is 4.80. The molecule has 0 spiro atoms. The van der Waals surface area contributed by atoms with Gasteiger partial charge < -0.3 is 26.1 Å². The average Bonchev–Trinajstić information content (AvgIpc) is 2.55. The molecular weight excluding hydrogens is 270 g/mol. The van der Waals surface area contributed by atoms with Crippen LogP contribution in [0.25, 0.3) is 0 Å². The van der Waals surface area contributed by atoms with Crippen molar-refractivity contribution in [3.8, 4) is 5.75 Å². The molecule has 0 heterocycles. The van der Waals surface area contributed by atoms with Gasteiger partial charge in [0.15, 0.2) is 5.84 Å². The maximum Gasteiger partial charge on any atom is 0.173 e. The van der Waals surface area contributed by atoms with Crippen LogP contribution in [-0.4, -0.2) is 35.4 Å². The van der Waals surface area contributed by atoms with E-state index in [-0.39, 0.29) is 18.0 Å². The summed E-state index contributed by atoms with van der Waals surface area (Å²) in [5, 5.41) is 24.7. The lowest BCUT2D eigenvalue weighted by Crippen LogP contribution is -2.47. The number of nitrogens with zero attached hydrogens (tertiary/aromatic N) is 1. The molecule has 1 aromatic carbocycles. The van der Waals surface area contributed by atoms with Gasteiger partial charge in [0.05, 0.1) is 19.3 Å². The van der Waals surface area contributed by atoms with E-state index in [0.29, 0.717) is 17.9 Å². The van der Waals surface area contributed by atoms with Crippen LogP contribution >= 0.6 is 0 Å². The van der Waals surface area contributed by atoms with Gasteiger partial charge in [-0.05, 0) is 30.5 Å². The van der Waals surface area contributed by atoms with E-state index in [1.54, 1.807) is 6.07 Å². The number of aliphatic hydroxyl groups excluding tert-OH is 1. The summed E-state index contributed by atoms with van der Waals surface area (Å²) < 4.78 is 5.27. The third-order valence-electron chi connectivity index (χ3n) is 3.97. The van der Waals surface area contributed by atoms with Crippen LogP contribution in [0.15, 0.2) is 23.4 Å². The number of rotatable bonds is 8. The van der Waals surface area contributed by atoms with E-state index in [9.17, 15) is 5.11 Å². The zero-order valence-corrected chi connectivity index (χ0v) is 12.9. The number of oxime groups is 1. The SMILES string of the molecule is CCC(CC)(CO)NCc1ccc(/C(N)=N/O)c(OC)c1. The highest BCUT2D eigenvalue weighted by atomic mass is 16.5. The molecule has 0 atom stereocenters. The molecule has 0 saturated heterocycles. The molecule has 0 radical (unpaired) electrons. The molecule has 0 aliphatic rings. The number of aliphatic hydroxyl groups is 1. The van der Waals surface area contributed by atoms with E-state index in [1.165, 1.54) is 7.11 Å². The summed E-state index contributed by atoms with van der Waals surface area (Å²) in [5.41, 5.74) is 6.88. The summed E-state index contributed by atoms with van der Waals surface area (Å²) >= 11 is 0. The van der Waals surface area contributed by atoms with Crippen LogP contribution in [0.1, 0.15) is 37.8 Å². The minimum absolute atomic E-state index is 0.0122. The Balaban J connectivity index is 2.91. The minimum atomic E-state index is -0.266. The number of nitrogens with one attached hydrogen (secondary N) is 1. The highest BCUT2D eigenvalue weighted by Crippen LogP contribution is 2.21. The van der Waals surface area contributed by atoms with Gasteiger partial charge in [0.1, 0.15) is 5.75 Å². The molecule has 0 unspecified atom stereocenters. The van der Waals surface area contributed by atoms with Gasteiger partial charge in [0, 0.05) is 12.1 Å². The van der Waals surface area contributed by atoms with Crippen molar-refractivity contribution >= 4 is 5.84 Å². The smallest absolute Gasteiger partial charge is 0.173 e. The topological polar surface area (TPSA) is 100 Å². The third-order valence-corrected chi connectivity index (χ3v) is 3.97. The number of nitrogens with two attached hydrogens (primary N) is 1. The van der Waals surface area contributed by atoms with Crippen LogP contribution < -0.4 is 15.8 Å². The molecule has 1 rings (SSSR count). The fourth-order valence-electron chi connectivity index (χ4n) is 2.18. The molecule has 118 valence electrons. The Hall–Kier alpha value is -1.79.